The molecule has 262 valence electrons. The molecule has 3 heteroatoms. The maximum atomic E-state index is 5.00. The minimum Gasteiger partial charge on any atom is -0.208 e. The van der Waals surface area contributed by atoms with Crippen LogP contribution in [0.3, 0.4) is 0 Å². The van der Waals surface area contributed by atoms with Crippen LogP contribution in [0.1, 0.15) is 33.4 Å². The van der Waals surface area contributed by atoms with Crippen LogP contribution in [0.15, 0.2) is 200 Å². The van der Waals surface area contributed by atoms with Crippen LogP contribution < -0.4 is 0 Å². The molecule has 0 amide bonds. The van der Waals surface area contributed by atoms with Crippen molar-refractivity contribution in [2.75, 3.05) is 0 Å². The number of fused-ring (bicyclic) bond motifs is 6. The van der Waals surface area contributed by atoms with Crippen LogP contribution in [-0.4, -0.2) is 15.0 Å². The highest BCUT2D eigenvalue weighted by molar-refractivity contribution is 5.89. The summed E-state index contributed by atoms with van der Waals surface area (Å²) in [6, 6.07) is 72.1. The predicted molar refractivity (Wildman–Crippen MR) is 227 cm³/mol. The van der Waals surface area contributed by atoms with E-state index in [4.69, 9.17) is 15.0 Å². The zero-order valence-electron chi connectivity index (χ0n) is 30.6. The van der Waals surface area contributed by atoms with Crippen LogP contribution in [0.25, 0.3) is 67.5 Å². The lowest BCUT2D eigenvalue weighted by molar-refractivity contribution is 0.769. The van der Waals surface area contributed by atoms with Gasteiger partial charge in [0.05, 0.1) is 5.41 Å². The lowest BCUT2D eigenvalue weighted by Crippen LogP contribution is -2.28. The molecule has 3 nitrogen and oxygen atoms in total. The number of aromatic nitrogens is 3. The molecule has 1 aromatic heterocycles. The first-order valence-electron chi connectivity index (χ1n) is 19.2. The summed E-state index contributed by atoms with van der Waals surface area (Å²) in [7, 11) is 0. The lowest BCUT2D eigenvalue weighted by Gasteiger charge is -2.34. The summed E-state index contributed by atoms with van der Waals surface area (Å²) in [5.74, 6) is 2.02. The van der Waals surface area contributed by atoms with Crippen molar-refractivity contribution in [1.29, 1.82) is 0 Å². The quantitative estimate of drug-likeness (QED) is 0.172. The first kappa shape index (κ1) is 32.2. The molecule has 0 spiro atoms. The average Bonchev–Trinajstić information content (AvgIpc) is 3.80. The van der Waals surface area contributed by atoms with E-state index in [0.717, 1.165) is 23.1 Å². The van der Waals surface area contributed by atoms with E-state index < -0.39 is 5.41 Å². The normalized spacial score (nSPS) is 13.1. The topological polar surface area (TPSA) is 38.7 Å². The SMILES string of the molecule is c1ccc(-c2nc(-c3ccccc3)nc(-c3ccc4c(c3)Cc3ccc(-c5ccc6c(c5)C(c5ccccc5)(c5ccccc5)c5ccccc5-6)cc3-4)n2)cc1. The molecule has 2 aliphatic carbocycles. The van der Waals surface area contributed by atoms with Crippen molar-refractivity contribution in [2.45, 2.75) is 11.8 Å². The summed E-state index contributed by atoms with van der Waals surface area (Å²) in [4.78, 5) is 14.9. The Hall–Kier alpha value is -7.23. The number of hydrogen-bond donors (Lipinski definition) is 0. The number of hydrogen-bond acceptors (Lipinski definition) is 3. The van der Waals surface area contributed by atoms with Gasteiger partial charge in [0, 0.05) is 16.7 Å². The summed E-state index contributed by atoms with van der Waals surface area (Å²) in [5.41, 5.74) is 17.9. The number of nitrogens with zero attached hydrogens (tertiary/aromatic N) is 3. The van der Waals surface area contributed by atoms with Crippen LogP contribution in [0.5, 0.6) is 0 Å². The van der Waals surface area contributed by atoms with Crippen LogP contribution in [0.4, 0.5) is 0 Å². The van der Waals surface area contributed by atoms with Crippen LogP contribution >= 0.6 is 0 Å². The van der Waals surface area contributed by atoms with Crippen LogP contribution in [-0.2, 0) is 11.8 Å². The van der Waals surface area contributed by atoms with Crippen molar-refractivity contribution < 1.29 is 0 Å². The molecule has 0 bridgehead atoms. The highest BCUT2D eigenvalue weighted by Gasteiger charge is 2.46. The summed E-state index contributed by atoms with van der Waals surface area (Å²) >= 11 is 0. The predicted octanol–water partition coefficient (Wildman–Crippen LogP) is 12.5. The highest BCUT2D eigenvalue weighted by Crippen LogP contribution is 2.56. The van der Waals surface area contributed by atoms with E-state index in [1.807, 2.05) is 60.7 Å². The van der Waals surface area contributed by atoms with Gasteiger partial charge in [0.25, 0.3) is 0 Å². The molecule has 1 heterocycles. The lowest BCUT2D eigenvalue weighted by atomic mass is 9.67. The zero-order valence-corrected chi connectivity index (χ0v) is 30.6. The van der Waals surface area contributed by atoms with Gasteiger partial charge in [0.15, 0.2) is 17.5 Å². The summed E-state index contributed by atoms with van der Waals surface area (Å²) in [5, 5.41) is 0. The molecule has 11 rings (SSSR count). The van der Waals surface area contributed by atoms with E-state index in [0.29, 0.717) is 17.5 Å². The van der Waals surface area contributed by atoms with Crippen molar-refractivity contribution in [2.24, 2.45) is 0 Å². The second-order valence-corrected chi connectivity index (χ2v) is 14.7. The molecule has 0 fully saturated rings. The number of rotatable bonds is 6. The van der Waals surface area contributed by atoms with E-state index in [1.54, 1.807) is 0 Å². The molecule has 56 heavy (non-hydrogen) atoms. The maximum absolute atomic E-state index is 5.00. The average molecular weight is 714 g/mol. The zero-order chi connectivity index (χ0) is 37.1. The Morgan fingerprint density at radius 1 is 0.304 bits per heavy atom. The van der Waals surface area contributed by atoms with Gasteiger partial charge in [-0.2, -0.15) is 0 Å². The molecular weight excluding hydrogens is 679 g/mol. The molecule has 8 aromatic carbocycles. The van der Waals surface area contributed by atoms with Crippen LogP contribution in [0.2, 0.25) is 0 Å². The van der Waals surface area contributed by atoms with Crippen molar-refractivity contribution in [3.8, 4) is 67.5 Å². The first-order valence-corrected chi connectivity index (χ1v) is 19.2. The fraction of sp³-hybridized carbons (Fsp3) is 0.0377. The van der Waals surface area contributed by atoms with E-state index in [1.165, 1.54) is 66.8 Å². The van der Waals surface area contributed by atoms with Crippen molar-refractivity contribution in [3.05, 3.63) is 234 Å². The van der Waals surface area contributed by atoms with Crippen LogP contribution in [0, 0.1) is 0 Å². The van der Waals surface area contributed by atoms with Gasteiger partial charge in [-0.25, -0.2) is 15.0 Å². The third-order valence-electron chi connectivity index (χ3n) is 11.6. The molecule has 0 radical (unpaired) electrons. The highest BCUT2D eigenvalue weighted by atomic mass is 15.0. The Balaban J connectivity index is 1.01. The molecule has 0 saturated heterocycles. The second-order valence-electron chi connectivity index (χ2n) is 14.7. The van der Waals surface area contributed by atoms with Gasteiger partial charge in [0.2, 0.25) is 0 Å². The third-order valence-corrected chi connectivity index (χ3v) is 11.6. The minimum atomic E-state index is -0.431. The Bertz CT molecular complexity index is 2820. The third kappa shape index (κ3) is 5.09. The van der Waals surface area contributed by atoms with Gasteiger partial charge in [-0.1, -0.05) is 182 Å². The van der Waals surface area contributed by atoms with Gasteiger partial charge in [-0.15, -0.1) is 0 Å². The maximum Gasteiger partial charge on any atom is 0.164 e. The standard InChI is InChI=1S/C53H35N3/c1-5-15-35(16-6-1)50-54-51(36-17-7-2-8-18-36)56-52(55-50)40-28-29-44-41(32-40)31-39-26-25-37(33-47(39)44)38-27-30-46-45-23-13-14-24-48(45)53(49(46)34-38,42-19-9-3-10-20-42)43-21-11-4-12-22-43/h1-30,32-34H,31H2. The van der Waals surface area contributed by atoms with Gasteiger partial charge in [-0.3, -0.25) is 0 Å². The summed E-state index contributed by atoms with van der Waals surface area (Å²) in [6.45, 7) is 0. The fourth-order valence-corrected chi connectivity index (χ4v) is 9.07. The largest absolute Gasteiger partial charge is 0.208 e. The summed E-state index contributed by atoms with van der Waals surface area (Å²) < 4.78 is 0. The molecule has 0 aliphatic heterocycles. The van der Waals surface area contributed by atoms with Gasteiger partial charge < -0.3 is 0 Å². The van der Waals surface area contributed by atoms with Crippen molar-refractivity contribution >= 4 is 0 Å². The Labute approximate surface area is 326 Å². The molecular formula is C53H35N3. The van der Waals surface area contributed by atoms with Crippen molar-refractivity contribution in [1.82, 2.24) is 15.0 Å². The minimum absolute atomic E-state index is 0.431. The first-order chi connectivity index (χ1) is 27.7. The van der Waals surface area contributed by atoms with E-state index in [9.17, 15) is 0 Å². The van der Waals surface area contributed by atoms with E-state index in [-0.39, 0.29) is 0 Å². The van der Waals surface area contributed by atoms with E-state index in [2.05, 4.69) is 140 Å². The molecule has 0 saturated carbocycles. The Morgan fingerprint density at radius 3 is 1.43 bits per heavy atom. The fourth-order valence-electron chi connectivity index (χ4n) is 9.07. The molecule has 0 atom stereocenters. The molecule has 0 unspecified atom stereocenters. The number of benzene rings is 8. The summed E-state index contributed by atoms with van der Waals surface area (Å²) in [6.07, 6.45) is 0.867. The van der Waals surface area contributed by atoms with E-state index >= 15 is 0 Å². The van der Waals surface area contributed by atoms with Gasteiger partial charge in [-0.05, 0) is 91.4 Å². The molecule has 2 aliphatic rings. The van der Waals surface area contributed by atoms with Crippen molar-refractivity contribution in [3.63, 3.8) is 0 Å². The molecule has 9 aromatic rings. The second kappa shape index (κ2) is 13.0. The smallest absolute Gasteiger partial charge is 0.164 e. The van der Waals surface area contributed by atoms with Gasteiger partial charge in [0.1, 0.15) is 0 Å². The van der Waals surface area contributed by atoms with Gasteiger partial charge >= 0.3 is 0 Å². The molecule has 0 N–H and O–H groups in total. The monoisotopic (exact) mass is 713 g/mol. The Morgan fingerprint density at radius 2 is 0.786 bits per heavy atom. The Kier molecular flexibility index (Phi) is 7.46.